The Hall–Kier alpha value is -1.34. The highest BCUT2D eigenvalue weighted by Crippen LogP contribution is 2.50. The highest BCUT2D eigenvalue weighted by molar-refractivity contribution is 7.52. The second-order valence-electron chi connectivity index (χ2n) is 7.83. The summed E-state index contributed by atoms with van der Waals surface area (Å²) in [5, 5.41) is 5.96. The summed E-state index contributed by atoms with van der Waals surface area (Å²) in [5.74, 6) is -1.97. The molecular weight excluding hydrogens is 450 g/mol. The number of hydrogen-bond acceptors (Lipinski definition) is 4. The molecule has 0 aliphatic heterocycles. The van der Waals surface area contributed by atoms with Gasteiger partial charge in [-0.2, -0.15) is 0 Å². The van der Waals surface area contributed by atoms with Crippen LogP contribution in [0.1, 0.15) is 61.2 Å². The number of benzene rings is 2. The molecule has 2 atom stereocenters. The third-order valence-electron chi connectivity index (χ3n) is 5.18. The van der Waals surface area contributed by atoms with E-state index in [1.165, 1.54) is 0 Å². The third-order valence-corrected chi connectivity index (χ3v) is 7.49. The molecule has 0 spiro atoms. The number of nitrogens with one attached hydrogen (secondary N) is 2. The molecule has 0 heterocycles. The van der Waals surface area contributed by atoms with Gasteiger partial charge in [-0.15, -0.1) is 0 Å². The predicted octanol–water partition coefficient (Wildman–Crippen LogP) is 4.26. The van der Waals surface area contributed by atoms with Crippen LogP contribution in [0.5, 0.6) is 0 Å². The number of hydrogen-bond donors (Lipinski definition) is 6. The van der Waals surface area contributed by atoms with Crippen molar-refractivity contribution in [3.8, 4) is 0 Å². The number of unbranched alkanes of at least 4 members (excludes halogenated alkanes) is 5. The van der Waals surface area contributed by atoms with E-state index in [1.54, 1.807) is 48.5 Å². The molecule has 0 aromatic heterocycles. The van der Waals surface area contributed by atoms with Crippen LogP contribution >= 0.6 is 15.2 Å². The molecule has 0 aliphatic carbocycles. The van der Waals surface area contributed by atoms with Crippen molar-refractivity contribution in [2.24, 2.45) is 0 Å². The summed E-state index contributed by atoms with van der Waals surface area (Å²) in [6.45, 7) is 1.04. The highest BCUT2D eigenvalue weighted by atomic mass is 31.2. The molecule has 10 heteroatoms. The van der Waals surface area contributed by atoms with Crippen LogP contribution in [0.15, 0.2) is 60.7 Å². The van der Waals surface area contributed by atoms with Gasteiger partial charge in [-0.3, -0.25) is 19.8 Å². The Morgan fingerprint density at radius 3 is 1.19 bits per heavy atom. The summed E-state index contributed by atoms with van der Waals surface area (Å²) in [6, 6.07) is 17.5. The summed E-state index contributed by atoms with van der Waals surface area (Å²) < 4.78 is 23.6. The van der Waals surface area contributed by atoms with E-state index in [0.29, 0.717) is 24.2 Å². The van der Waals surface area contributed by atoms with Crippen LogP contribution in [0, 0.1) is 0 Å². The molecule has 2 aromatic carbocycles. The van der Waals surface area contributed by atoms with E-state index in [4.69, 9.17) is 0 Å². The van der Waals surface area contributed by atoms with Crippen molar-refractivity contribution >= 4 is 15.2 Å². The Kier molecular flexibility index (Phi) is 11.3. The Balaban J connectivity index is 1.60. The minimum atomic E-state index is -4.29. The quantitative estimate of drug-likeness (QED) is 0.163. The fourth-order valence-corrected chi connectivity index (χ4v) is 5.42. The van der Waals surface area contributed by atoms with E-state index >= 15 is 0 Å². The minimum Gasteiger partial charge on any atom is -0.323 e. The summed E-state index contributed by atoms with van der Waals surface area (Å²) in [7, 11) is -8.58. The summed E-state index contributed by atoms with van der Waals surface area (Å²) >= 11 is 0. The molecule has 0 bridgehead atoms. The second-order valence-corrected chi connectivity index (χ2v) is 11.2. The van der Waals surface area contributed by atoms with E-state index in [0.717, 1.165) is 38.5 Å². The van der Waals surface area contributed by atoms with Crippen molar-refractivity contribution in [1.29, 1.82) is 0 Å². The monoisotopic (exact) mass is 484 g/mol. The van der Waals surface area contributed by atoms with E-state index in [1.807, 2.05) is 12.1 Å². The van der Waals surface area contributed by atoms with Crippen LogP contribution in [0.25, 0.3) is 0 Å². The predicted molar refractivity (Wildman–Crippen MR) is 126 cm³/mol. The van der Waals surface area contributed by atoms with Crippen molar-refractivity contribution < 1.29 is 28.7 Å². The van der Waals surface area contributed by atoms with Gasteiger partial charge in [0.05, 0.1) is 0 Å². The normalized spacial score (nSPS) is 14.2. The van der Waals surface area contributed by atoms with E-state index in [9.17, 15) is 28.7 Å². The highest BCUT2D eigenvalue weighted by Gasteiger charge is 2.30. The van der Waals surface area contributed by atoms with Gasteiger partial charge >= 0.3 is 15.2 Å². The second kappa shape index (κ2) is 13.4. The van der Waals surface area contributed by atoms with Gasteiger partial charge in [0.25, 0.3) is 0 Å². The maximum absolute atomic E-state index is 11.8. The lowest BCUT2D eigenvalue weighted by molar-refractivity contribution is 0.344. The van der Waals surface area contributed by atoms with Gasteiger partial charge in [0.1, 0.15) is 11.6 Å². The minimum absolute atomic E-state index is 0.521. The molecule has 2 rings (SSSR count). The van der Waals surface area contributed by atoms with Gasteiger partial charge in [-0.25, -0.2) is 0 Å². The first-order valence-electron chi connectivity index (χ1n) is 10.9. The van der Waals surface area contributed by atoms with Crippen LogP contribution in [0.3, 0.4) is 0 Å². The molecule has 2 unspecified atom stereocenters. The van der Waals surface area contributed by atoms with Crippen LogP contribution in [0.2, 0.25) is 0 Å². The van der Waals surface area contributed by atoms with Gasteiger partial charge in [0.2, 0.25) is 0 Å². The molecule has 8 nitrogen and oxygen atoms in total. The third kappa shape index (κ3) is 9.65. The molecular formula is C22H34N2O6P2. The van der Waals surface area contributed by atoms with Gasteiger partial charge in [-0.05, 0) is 37.1 Å². The molecule has 2 aromatic rings. The lowest BCUT2D eigenvalue weighted by atomic mass is 10.1. The van der Waals surface area contributed by atoms with Gasteiger partial charge in [-0.1, -0.05) is 86.3 Å². The zero-order chi connectivity index (χ0) is 23.5. The molecule has 0 fully saturated rings. The molecule has 0 saturated heterocycles. The first-order valence-corrected chi connectivity index (χ1v) is 14.2. The molecule has 0 radical (unpaired) electrons. The first kappa shape index (κ1) is 26.9. The van der Waals surface area contributed by atoms with Crippen LogP contribution in [-0.2, 0) is 9.13 Å². The maximum atomic E-state index is 11.8. The van der Waals surface area contributed by atoms with Crippen LogP contribution in [-0.4, -0.2) is 32.7 Å². The zero-order valence-electron chi connectivity index (χ0n) is 18.1. The summed E-state index contributed by atoms with van der Waals surface area (Å²) in [4.78, 5) is 38.4. The largest absolute Gasteiger partial charge is 0.346 e. The maximum Gasteiger partial charge on any atom is 0.346 e. The molecule has 178 valence electrons. The average Bonchev–Trinajstić information content (AvgIpc) is 2.74. The molecule has 0 saturated carbocycles. The lowest BCUT2D eigenvalue weighted by Gasteiger charge is -2.20. The summed E-state index contributed by atoms with van der Waals surface area (Å²) in [5.41, 5.74) is 1.16. The standard InChI is InChI=1S/C22H34N2O6P2/c25-31(26,27)21(19-13-7-5-8-14-19)23-17-11-3-1-2-4-12-18-24-22(32(28,29)30)20-15-9-6-10-16-20/h5-10,13-16,21-24H,1-4,11-12,17-18H2,(H2,25,26,27)(H2,28,29,30). The van der Waals surface area contributed by atoms with Gasteiger partial charge in [0.15, 0.2) is 0 Å². The van der Waals surface area contributed by atoms with Crippen LogP contribution < -0.4 is 10.6 Å². The fourth-order valence-electron chi connectivity index (χ4n) is 3.57. The van der Waals surface area contributed by atoms with Gasteiger partial charge < -0.3 is 19.6 Å². The van der Waals surface area contributed by atoms with Crippen molar-refractivity contribution in [3.63, 3.8) is 0 Å². The molecule has 6 N–H and O–H groups in total. The van der Waals surface area contributed by atoms with E-state index in [2.05, 4.69) is 10.6 Å². The average molecular weight is 484 g/mol. The smallest absolute Gasteiger partial charge is 0.323 e. The zero-order valence-corrected chi connectivity index (χ0v) is 19.9. The SMILES string of the molecule is O=P(O)(O)C(NCCCCCCCCNC(c1ccccc1)P(=O)(O)O)c1ccccc1. The molecule has 0 amide bonds. The van der Waals surface area contributed by atoms with Crippen molar-refractivity contribution in [2.45, 2.75) is 50.1 Å². The lowest BCUT2D eigenvalue weighted by Crippen LogP contribution is -2.22. The Labute approximate surface area is 189 Å². The molecule has 32 heavy (non-hydrogen) atoms. The number of rotatable bonds is 15. The Morgan fingerprint density at radius 2 is 0.875 bits per heavy atom. The first-order chi connectivity index (χ1) is 15.2. The summed E-state index contributed by atoms with van der Waals surface area (Å²) in [6.07, 6.45) is 5.50. The topological polar surface area (TPSA) is 139 Å². The van der Waals surface area contributed by atoms with Gasteiger partial charge in [0, 0.05) is 0 Å². The van der Waals surface area contributed by atoms with Crippen molar-refractivity contribution in [2.75, 3.05) is 13.1 Å². The van der Waals surface area contributed by atoms with E-state index < -0.39 is 26.8 Å². The van der Waals surface area contributed by atoms with Crippen molar-refractivity contribution in [1.82, 2.24) is 10.6 Å². The Bertz CT molecular complexity index is 799. The molecule has 0 aliphatic rings. The fraction of sp³-hybridized carbons (Fsp3) is 0.455. The van der Waals surface area contributed by atoms with E-state index in [-0.39, 0.29) is 0 Å². The van der Waals surface area contributed by atoms with Crippen molar-refractivity contribution in [3.05, 3.63) is 71.8 Å². The Morgan fingerprint density at radius 1 is 0.562 bits per heavy atom. The van der Waals surface area contributed by atoms with Crippen LogP contribution in [0.4, 0.5) is 0 Å².